The largest absolute Gasteiger partial charge is 0.391 e. The SMILES string of the molecule is CN[C@H](C(=O)N1C[C@H](O)C[C@H]1C(=O)NCc1cc(F)c2c(C)nccc2c1)C(C)(C)C. The first-order valence-corrected chi connectivity index (χ1v) is 10.5. The number of β-amino-alcohol motifs (C(OH)–C–C–N with tert-alkyl or cyclic N) is 1. The third kappa shape index (κ3) is 4.85. The molecule has 3 atom stereocenters. The second kappa shape index (κ2) is 8.88. The summed E-state index contributed by atoms with van der Waals surface area (Å²) in [5, 5.41) is 17.2. The summed E-state index contributed by atoms with van der Waals surface area (Å²) in [6.45, 7) is 7.82. The van der Waals surface area contributed by atoms with Crippen LogP contribution in [0.5, 0.6) is 0 Å². The molecule has 0 bridgehead atoms. The number of aromatic nitrogens is 1. The molecule has 2 amide bonds. The molecule has 168 valence electrons. The van der Waals surface area contributed by atoms with E-state index in [1.165, 1.54) is 11.0 Å². The maximum atomic E-state index is 14.5. The number of nitrogens with zero attached hydrogens (tertiary/aromatic N) is 2. The number of carbonyl (C=O) groups is 2. The van der Waals surface area contributed by atoms with Crippen molar-refractivity contribution in [2.24, 2.45) is 5.41 Å². The van der Waals surface area contributed by atoms with Crippen molar-refractivity contribution in [3.8, 4) is 0 Å². The van der Waals surface area contributed by atoms with Gasteiger partial charge in [-0.25, -0.2) is 4.39 Å². The molecule has 1 aliphatic heterocycles. The Morgan fingerprint density at radius 1 is 1.35 bits per heavy atom. The van der Waals surface area contributed by atoms with Crippen LogP contribution >= 0.6 is 0 Å². The summed E-state index contributed by atoms with van der Waals surface area (Å²) in [4.78, 5) is 31.6. The minimum Gasteiger partial charge on any atom is -0.391 e. The van der Waals surface area contributed by atoms with E-state index in [0.29, 0.717) is 22.0 Å². The van der Waals surface area contributed by atoms with E-state index in [0.717, 1.165) is 0 Å². The Morgan fingerprint density at radius 3 is 2.71 bits per heavy atom. The monoisotopic (exact) mass is 430 g/mol. The highest BCUT2D eigenvalue weighted by Gasteiger charge is 2.43. The van der Waals surface area contributed by atoms with Crippen LogP contribution in [0, 0.1) is 18.2 Å². The molecule has 0 aliphatic carbocycles. The standard InChI is InChI=1S/C23H31FN4O3/c1-13-19-15(6-7-26-13)8-14(9-17(19)24)11-27-21(30)18-10-16(29)12-28(18)22(31)20(25-5)23(2,3)4/h6-9,16,18,20,25,29H,10-12H2,1-5H3,(H,27,30)/t16-,18+,20-/m1/s1. The van der Waals surface area contributed by atoms with Gasteiger partial charge in [0.25, 0.3) is 0 Å². The number of aryl methyl sites for hydroxylation is 1. The van der Waals surface area contributed by atoms with Gasteiger partial charge in [-0.15, -0.1) is 0 Å². The maximum absolute atomic E-state index is 14.5. The van der Waals surface area contributed by atoms with Crippen LogP contribution in [-0.4, -0.2) is 58.6 Å². The number of aliphatic hydroxyl groups is 1. The van der Waals surface area contributed by atoms with Crippen molar-refractivity contribution in [3.05, 3.63) is 41.5 Å². The molecule has 1 aliphatic rings. The van der Waals surface area contributed by atoms with Gasteiger partial charge in [0.1, 0.15) is 11.9 Å². The van der Waals surface area contributed by atoms with Gasteiger partial charge in [0.05, 0.1) is 12.1 Å². The molecule has 1 saturated heterocycles. The third-order valence-electron chi connectivity index (χ3n) is 5.80. The van der Waals surface area contributed by atoms with Crippen LogP contribution in [0.15, 0.2) is 24.4 Å². The van der Waals surface area contributed by atoms with Crippen molar-refractivity contribution < 1.29 is 19.1 Å². The van der Waals surface area contributed by atoms with Crippen LogP contribution in [0.1, 0.15) is 38.4 Å². The molecule has 1 aromatic carbocycles. The van der Waals surface area contributed by atoms with E-state index in [1.54, 1.807) is 26.2 Å². The Labute approximate surface area is 182 Å². The highest BCUT2D eigenvalue weighted by molar-refractivity contribution is 5.91. The summed E-state index contributed by atoms with van der Waals surface area (Å²) in [5.41, 5.74) is 0.872. The van der Waals surface area contributed by atoms with E-state index in [9.17, 15) is 19.1 Å². The van der Waals surface area contributed by atoms with Crippen LogP contribution < -0.4 is 10.6 Å². The fraction of sp³-hybridized carbons (Fsp3) is 0.522. The number of aliphatic hydroxyl groups excluding tert-OH is 1. The van der Waals surface area contributed by atoms with Crippen molar-refractivity contribution in [1.29, 1.82) is 0 Å². The smallest absolute Gasteiger partial charge is 0.243 e. The van der Waals surface area contributed by atoms with Crippen LogP contribution in [0.2, 0.25) is 0 Å². The first-order chi connectivity index (χ1) is 14.5. The first-order valence-electron chi connectivity index (χ1n) is 10.5. The number of halogens is 1. The fourth-order valence-corrected chi connectivity index (χ4v) is 4.30. The minimum absolute atomic E-state index is 0.113. The third-order valence-corrected chi connectivity index (χ3v) is 5.80. The molecular formula is C23H31FN4O3. The summed E-state index contributed by atoms with van der Waals surface area (Å²) < 4.78 is 14.5. The van der Waals surface area contributed by atoms with E-state index >= 15 is 0 Å². The number of likely N-dealkylation sites (N-methyl/N-ethyl adjacent to an activating group) is 1. The maximum Gasteiger partial charge on any atom is 0.243 e. The lowest BCUT2D eigenvalue weighted by molar-refractivity contribution is -0.142. The molecule has 31 heavy (non-hydrogen) atoms. The van der Waals surface area contributed by atoms with E-state index in [2.05, 4.69) is 15.6 Å². The Morgan fingerprint density at radius 2 is 2.06 bits per heavy atom. The van der Waals surface area contributed by atoms with Crippen LogP contribution in [0.3, 0.4) is 0 Å². The number of fused-ring (bicyclic) bond motifs is 1. The van der Waals surface area contributed by atoms with E-state index < -0.39 is 18.2 Å². The van der Waals surface area contributed by atoms with Crippen LogP contribution in [0.25, 0.3) is 10.8 Å². The molecule has 1 aromatic heterocycles. The van der Waals surface area contributed by atoms with Gasteiger partial charge in [-0.05, 0) is 48.5 Å². The lowest BCUT2D eigenvalue weighted by Crippen LogP contribution is -2.55. The first kappa shape index (κ1) is 23.1. The predicted octanol–water partition coefficient (Wildman–Crippen LogP) is 1.89. The normalized spacial score (nSPS) is 20.2. The summed E-state index contributed by atoms with van der Waals surface area (Å²) in [6, 6.07) is 3.68. The zero-order valence-corrected chi connectivity index (χ0v) is 18.7. The number of amides is 2. The van der Waals surface area contributed by atoms with Crippen LogP contribution in [-0.2, 0) is 16.1 Å². The molecule has 3 rings (SSSR count). The summed E-state index contributed by atoms with van der Waals surface area (Å²) in [6.07, 6.45) is 1.04. The molecule has 2 aromatic rings. The Bertz CT molecular complexity index is 989. The van der Waals surface area contributed by atoms with Gasteiger partial charge in [-0.3, -0.25) is 14.6 Å². The van der Waals surface area contributed by atoms with Gasteiger partial charge in [-0.1, -0.05) is 20.8 Å². The number of hydrogen-bond acceptors (Lipinski definition) is 5. The number of carbonyl (C=O) groups excluding carboxylic acids is 2. The molecule has 2 heterocycles. The number of hydrogen-bond donors (Lipinski definition) is 3. The number of rotatable bonds is 5. The predicted molar refractivity (Wildman–Crippen MR) is 117 cm³/mol. The highest BCUT2D eigenvalue weighted by Crippen LogP contribution is 2.26. The van der Waals surface area contributed by atoms with Crippen molar-refractivity contribution in [2.75, 3.05) is 13.6 Å². The van der Waals surface area contributed by atoms with E-state index in [1.807, 2.05) is 26.8 Å². The van der Waals surface area contributed by atoms with E-state index in [-0.39, 0.29) is 42.6 Å². The summed E-state index contributed by atoms with van der Waals surface area (Å²) >= 11 is 0. The topological polar surface area (TPSA) is 94.6 Å². The van der Waals surface area contributed by atoms with Gasteiger partial charge in [0.2, 0.25) is 11.8 Å². The van der Waals surface area contributed by atoms with Crippen molar-refractivity contribution in [2.45, 2.75) is 58.8 Å². The second-order valence-corrected chi connectivity index (χ2v) is 9.27. The number of nitrogens with one attached hydrogen (secondary N) is 2. The number of likely N-dealkylation sites (tertiary alicyclic amines) is 1. The Balaban J connectivity index is 1.75. The van der Waals surface area contributed by atoms with Crippen molar-refractivity contribution in [1.82, 2.24) is 20.5 Å². The van der Waals surface area contributed by atoms with Gasteiger partial charge in [0.15, 0.2) is 0 Å². The lowest BCUT2D eigenvalue weighted by Gasteiger charge is -2.34. The lowest BCUT2D eigenvalue weighted by atomic mass is 9.86. The van der Waals surface area contributed by atoms with Crippen molar-refractivity contribution in [3.63, 3.8) is 0 Å². The summed E-state index contributed by atoms with van der Waals surface area (Å²) in [5.74, 6) is -0.964. The Hall–Kier alpha value is -2.58. The van der Waals surface area contributed by atoms with Gasteiger partial charge < -0.3 is 20.6 Å². The zero-order chi connectivity index (χ0) is 22.9. The molecule has 0 saturated carbocycles. The average molecular weight is 431 g/mol. The molecule has 0 spiro atoms. The van der Waals surface area contributed by atoms with Crippen LogP contribution in [0.4, 0.5) is 4.39 Å². The average Bonchev–Trinajstić information content (AvgIpc) is 3.07. The molecular weight excluding hydrogens is 399 g/mol. The fourth-order valence-electron chi connectivity index (χ4n) is 4.30. The number of pyridine rings is 1. The molecule has 3 N–H and O–H groups in total. The highest BCUT2D eigenvalue weighted by atomic mass is 19.1. The molecule has 0 radical (unpaired) electrons. The molecule has 1 fully saturated rings. The number of benzene rings is 1. The quantitative estimate of drug-likeness (QED) is 0.674. The minimum atomic E-state index is -0.766. The van der Waals surface area contributed by atoms with Crippen molar-refractivity contribution >= 4 is 22.6 Å². The Kier molecular flexibility index (Phi) is 6.62. The zero-order valence-electron chi connectivity index (χ0n) is 18.7. The molecule has 8 heteroatoms. The second-order valence-electron chi connectivity index (χ2n) is 9.27. The van der Waals surface area contributed by atoms with Gasteiger partial charge in [-0.2, -0.15) is 0 Å². The van der Waals surface area contributed by atoms with Gasteiger partial charge >= 0.3 is 0 Å². The summed E-state index contributed by atoms with van der Waals surface area (Å²) in [7, 11) is 1.71. The van der Waals surface area contributed by atoms with Gasteiger partial charge in [0, 0.05) is 36.8 Å². The molecule has 7 nitrogen and oxygen atoms in total. The van der Waals surface area contributed by atoms with E-state index in [4.69, 9.17) is 0 Å². The molecule has 0 unspecified atom stereocenters.